The predicted molar refractivity (Wildman–Crippen MR) is 236 cm³/mol. The number of Topliss-reactive ketones (excluding diaryl/α,β-unsaturated/α-hetero) is 2. The molecule has 8 rings (SSSR count). The first-order valence-corrected chi connectivity index (χ1v) is 24.2. The number of hydrogen-bond donors (Lipinski definition) is 1. The van der Waals surface area contributed by atoms with Gasteiger partial charge in [-0.2, -0.15) is 0 Å². The second kappa shape index (κ2) is 15.3. The third kappa shape index (κ3) is 6.74. The Kier molecular flexibility index (Phi) is 11.2. The van der Waals surface area contributed by atoms with Crippen molar-refractivity contribution >= 4 is 41.5 Å². The molecule has 334 valence electrons. The van der Waals surface area contributed by atoms with Crippen LogP contribution in [0.1, 0.15) is 175 Å². The van der Waals surface area contributed by atoms with Crippen LogP contribution < -0.4 is 5.32 Å². The molecule has 61 heavy (non-hydrogen) atoms. The first-order chi connectivity index (χ1) is 28.6. The van der Waals surface area contributed by atoms with Crippen molar-refractivity contribution < 1.29 is 33.4 Å². The summed E-state index contributed by atoms with van der Waals surface area (Å²) in [5.41, 5.74) is 0.529. The van der Waals surface area contributed by atoms with Crippen molar-refractivity contribution in [3.63, 3.8) is 0 Å². The number of fused-ring (bicyclic) bond motifs is 7. The Balaban J connectivity index is 1.06. The molecule has 6 fully saturated rings. The SMILES string of the molecule is CC(C)C1=C2[C@H]3CC[C@@H]4[C@@]5(C)CC[C@H](OC(=O)[C@H]6C[C@@H](OC=O)C6(C)C)C(C)(C)[C@@H]5CC[C@@]4(C)[C@]3(C)CC[C@@]2(NC(=O)C2(CC(=O)c3ccc(Cl)cc3)CCCCC2)CC1=O. The lowest BCUT2D eigenvalue weighted by molar-refractivity contribution is -0.236. The molecule has 6 saturated carbocycles. The normalized spacial score (nSPS) is 39.4. The number of amides is 1. The zero-order valence-electron chi connectivity index (χ0n) is 38.5. The molecule has 10 atom stereocenters. The lowest BCUT2D eigenvalue weighted by Crippen LogP contribution is -2.68. The summed E-state index contributed by atoms with van der Waals surface area (Å²) in [6, 6.07) is 7.00. The summed E-state index contributed by atoms with van der Waals surface area (Å²) in [5, 5.41) is 4.26. The van der Waals surface area contributed by atoms with Gasteiger partial charge in [0.25, 0.3) is 6.47 Å². The van der Waals surface area contributed by atoms with E-state index in [0.717, 1.165) is 76.2 Å². The Labute approximate surface area is 369 Å². The van der Waals surface area contributed by atoms with E-state index in [-0.39, 0.29) is 81.5 Å². The number of ether oxygens (including phenoxy) is 2. The van der Waals surface area contributed by atoms with Gasteiger partial charge >= 0.3 is 5.97 Å². The highest BCUT2D eigenvalue weighted by atomic mass is 35.5. The number of rotatable bonds is 10. The molecule has 1 N–H and O–H groups in total. The van der Waals surface area contributed by atoms with Crippen molar-refractivity contribution in [3.8, 4) is 0 Å². The van der Waals surface area contributed by atoms with Gasteiger partial charge in [-0.3, -0.25) is 24.0 Å². The summed E-state index contributed by atoms with van der Waals surface area (Å²) < 4.78 is 11.8. The van der Waals surface area contributed by atoms with Gasteiger partial charge in [-0.1, -0.05) is 93.2 Å². The van der Waals surface area contributed by atoms with Gasteiger partial charge in [0, 0.05) is 34.3 Å². The molecular weight excluding hydrogens is 786 g/mol. The Morgan fingerprint density at radius 2 is 1.49 bits per heavy atom. The average molecular weight is 859 g/mol. The van der Waals surface area contributed by atoms with E-state index in [1.807, 2.05) is 13.8 Å². The van der Waals surface area contributed by atoms with Crippen molar-refractivity contribution in [2.24, 2.45) is 62.1 Å². The smallest absolute Gasteiger partial charge is 0.310 e. The summed E-state index contributed by atoms with van der Waals surface area (Å²) >= 11 is 6.16. The number of benzene rings is 1. The minimum absolute atomic E-state index is 0.0107. The number of carbonyl (C=O) groups is 5. The van der Waals surface area contributed by atoms with Gasteiger partial charge in [-0.25, -0.2) is 0 Å². The third-order valence-corrected chi connectivity index (χ3v) is 19.9. The number of nitrogens with one attached hydrogen (secondary N) is 1. The molecule has 0 heterocycles. The first-order valence-electron chi connectivity index (χ1n) is 23.8. The van der Waals surface area contributed by atoms with Crippen LogP contribution >= 0.6 is 11.6 Å². The fourth-order valence-electron chi connectivity index (χ4n) is 15.9. The maximum absolute atomic E-state index is 15.1. The standard InChI is InChI=1S/C52H72ClNO7/c1-31(2)42-37(57)29-52(54-45(59)51(21-11-10-12-22-51)28-36(56)32-13-15-33(53)16-14-32)26-25-49(8)34(43(42)52)17-18-39-48(7)23-20-40(47(5,6)38(48)19-24-50(39,49)9)61-44(58)35-27-41(60-30-55)46(35,3)4/h13-16,30-31,34-35,38-41H,10-12,17-29H2,1-9H3,(H,54,59)/t34-,35-,38+,39-,40+,41-,48+,49-,50-,52-/m1/s1. The highest BCUT2D eigenvalue weighted by molar-refractivity contribution is 6.30. The predicted octanol–water partition coefficient (Wildman–Crippen LogP) is 11.2. The van der Waals surface area contributed by atoms with E-state index < -0.39 is 16.4 Å². The first kappa shape index (κ1) is 44.6. The summed E-state index contributed by atoms with van der Waals surface area (Å²) in [6.07, 6.45) is 12.4. The van der Waals surface area contributed by atoms with E-state index in [1.54, 1.807) is 24.3 Å². The van der Waals surface area contributed by atoms with E-state index in [1.165, 1.54) is 5.57 Å². The number of carbonyl (C=O) groups excluding carboxylic acids is 5. The molecule has 7 aliphatic carbocycles. The monoisotopic (exact) mass is 857 g/mol. The summed E-state index contributed by atoms with van der Waals surface area (Å²) in [4.78, 5) is 68.1. The molecule has 0 aliphatic heterocycles. The van der Waals surface area contributed by atoms with E-state index in [9.17, 15) is 19.2 Å². The van der Waals surface area contributed by atoms with Gasteiger partial charge in [0.05, 0.1) is 16.9 Å². The zero-order chi connectivity index (χ0) is 44.1. The van der Waals surface area contributed by atoms with Gasteiger partial charge in [-0.05, 0) is 146 Å². The highest BCUT2D eigenvalue weighted by Gasteiger charge is 2.71. The van der Waals surface area contributed by atoms with Crippen LogP contribution in [0.5, 0.6) is 0 Å². The third-order valence-electron chi connectivity index (χ3n) is 19.6. The lowest BCUT2D eigenvalue weighted by atomic mass is 9.33. The van der Waals surface area contributed by atoms with E-state index in [0.29, 0.717) is 54.6 Å². The fraction of sp³-hybridized carbons (Fsp3) is 0.750. The van der Waals surface area contributed by atoms with Crippen LogP contribution in [0.25, 0.3) is 0 Å². The average Bonchev–Trinajstić information content (AvgIpc) is 3.49. The Bertz CT molecular complexity index is 1990. The maximum atomic E-state index is 15.1. The van der Waals surface area contributed by atoms with Crippen LogP contribution in [0.3, 0.4) is 0 Å². The molecular formula is C52H72ClNO7. The second-order valence-corrected chi connectivity index (χ2v) is 23.7. The Morgan fingerprint density at radius 3 is 2.13 bits per heavy atom. The Morgan fingerprint density at radius 1 is 0.803 bits per heavy atom. The van der Waals surface area contributed by atoms with Crippen molar-refractivity contribution in [2.45, 2.75) is 183 Å². The summed E-state index contributed by atoms with van der Waals surface area (Å²) in [5.74, 6) is 0.728. The lowest BCUT2D eigenvalue weighted by Gasteiger charge is -2.72. The maximum Gasteiger partial charge on any atom is 0.310 e. The molecule has 0 bridgehead atoms. The molecule has 1 aromatic carbocycles. The fourth-order valence-corrected chi connectivity index (χ4v) is 16.0. The van der Waals surface area contributed by atoms with Crippen LogP contribution in [-0.2, 0) is 28.7 Å². The highest BCUT2D eigenvalue weighted by Crippen LogP contribution is 2.76. The molecule has 9 heteroatoms. The van der Waals surface area contributed by atoms with Crippen molar-refractivity contribution in [1.82, 2.24) is 5.32 Å². The molecule has 0 unspecified atom stereocenters. The van der Waals surface area contributed by atoms with E-state index in [2.05, 4.69) is 53.8 Å². The largest absolute Gasteiger partial charge is 0.464 e. The molecule has 0 aromatic heterocycles. The van der Waals surface area contributed by atoms with Crippen LogP contribution in [0.15, 0.2) is 35.4 Å². The van der Waals surface area contributed by atoms with Gasteiger partial charge < -0.3 is 14.8 Å². The van der Waals surface area contributed by atoms with Crippen molar-refractivity contribution in [2.75, 3.05) is 0 Å². The van der Waals surface area contributed by atoms with Gasteiger partial charge in [0.1, 0.15) is 12.2 Å². The van der Waals surface area contributed by atoms with Gasteiger partial charge in [0.2, 0.25) is 5.91 Å². The topological polar surface area (TPSA) is 116 Å². The minimum atomic E-state index is -0.808. The number of esters is 1. The van der Waals surface area contributed by atoms with Gasteiger partial charge in [0.15, 0.2) is 11.6 Å². The Hall–Kier alpha value is -3.00. The number of halogens is 1. The summed E-state index contributed by atoms with van der Waals surface area (Å²) in [7, 11) is 0. The molecule has 1 aromatic rings. The van der Waals surface area contributed by atoms with Crippen LogP contribution in [0, 0.1) is 62.1 Å². The molecule has 7 aliphatic rings. The molecule has 0 spiro atoms. The summed E-state index contributed by atoms with van der Waals surface area (Å²) in [6.45, 7) is 21.1. The molecule has 0 saturated heterocycles. The minimum Gasteiger partial charge on any atom is -0.464 e. The molecule has 1 amide bonds. The van der Waals surface area contributed by atoms with E-state index >= 15 is 4.79 Å². The van der Waals surface area contributed by atoms with Gasteiger partial charge in [-0.15, -0.1) is 0 Å². The molecule has 0 radical (unpaired) electrons. The molecule has 8 nitrogen and oxygen atoms in total. The second-order valence-electron chi connectivity index (χ2n) is 23.3. The van der Waals surface area contributed by atoms with Crippen molar-refractivity contribution in [3.05, 3.63) is 46.0 Å². The van der Waals surface area contributed by atoms with Crippen LogP contribution in [0.4, 0.5) is 0 Å². The van der Waals surface area contributed by atoms with Crippen LogP contribution in [-0.4, -0.2) is 47.7 Å². The number of allylic oxidation sites excluding steroid dienone is 1. The van der Waals surface area contributed by atoms with E-state index in [4.69, 9.17) is 21.1 Å². The van der Waals surface area contributed by atoms with Crippen molar-refractivity contribution in [1.29, 1.82) is 0 Å². The number of ketones is 2. The van der Waals surface area contributed by atoms with Crippen LogP contribution in [0.2, 0.25) is 5.02 Å². The zero-order valence-corrected chi connectivity index (χ0v) is 39.2. The number of hydrogen-bond acceptors (Lipinski definition) is 7. The quantitative estimate of drug-likeness (QED) is 0.141.